The number of amides is 2. The summed E-state index contributed by atoms with van der Waals surface area (Å²) in [7, 11) is 1.86. The molecule has 1 N–H and O–H groups in total. The highest BCUT2D eigenvalue weighted by molar-refractivity contribution is 8.04. The Bertz CT molecular complexity index is 994. The number of aryl methyl sites for hydroxylation is 1. The van der Waals surface area contributed by atoms with E-state index in [1.807, 2.05) is 60.5 Å². The molecular weight excluding hydrogens is 440 g/mol. The van der Waals surface area contributed by atoms with E-state index >= 15 is 0 Å². The fraction of sp³-hybridized carbons (Fsp3) is 0.385. The van der Waals surface area contributed by atoms with Crippen LogP contribution in [0.2, 0.25) is 5.02 Å². The van der Waals surface area contributed by atoms with Crippen LogP contribution in [0.1, 0.15) is 36.8 Å². The number of carbonyl (C=O) groups excluding carboxylic acids is 2. The van der Waals surface area contributed by atoms with Crippen molar-refractivity contribution in [1.82, 2.24) is 10.2 Å². The summed E-state index contributed by atoms with van der Waals surface area (Å²) in [6.07, 6.45) is 6.30. The van der Waals surface area contributed by atoms with Crippen LogP contribution in [0, 0.1) is 5.92 Å². The van der Waals surface area contributed by atoms with Gasteiger partial charge in [-0.2, -0.15) is 0 Å². The predicted octanol–water partition coefficient (Wildman–Crippen LogP) is 5.17. The molecule has 2 aromatic rings. The van der Waals surface area contributed by atoms with E-state index in [9.17, 15) is 9.59 Å². The van der Waals surface area contributed by atoms with Crippen LogP contribution >= 0.6 is 23.4 Å². The summed E-state index contributed by atoms with van der Waals surface area (Å²) in [5.41, 5.74) is 2.16. The second-order valence-electron chi connectivity index (χ2n) is 8.56. The molecule has 168 valence electrons. The molecule has 4 rings (SSSR count). The second kappa shape index (κ2) is 10.6. The van der Waals surface area contributed by atoms with Gasteiger partial charge in [-0.1, -0.05) is 60.1 Å². The first-order chi connectivity index (χ1) is 15.5. The molecule has 2 amide bonds. The molecule has 4 nitrogen and oxygen atoms in total. The van der Waals surface area contributed by atoms with Crippen molar-refractivity contribution >= 4 is 41.3 Å². The molecule has 6 heteroatoms. The van der Waals surface area contributed by atoms with Crippen molar-refractivity contribution in [3.05, 3.63) is 75.7 Å². The van der Waals surface area contributed by atoms with Crippen molar-refractivity contribution < 1.29 is 9.59 Å². The molecule has 1 aliphatic heterocycles. The first-order valence-corrected chi connectivity index (χ1v) is 12.5. The fourth-order valence-corrected chi connectivity index (χ4v) is 6.22. The highest BCUT2D eigenvalue weighted by atomic mass is 35.5. The molecule has 3 unspecified atom stereocenters. The number of likely N-dealkylation sites (N-methyl/N-ethyl adjacent to an activating group) is 1. The Hall–Kier alpha value is -2.24. The number of rotatable bonds is 6. The molecule has 1 saturated heterocycles. The number of thioether (sulfide) groups is 1. The maximum absolute atomic E-state index is 13.0. The summed E-state index contributed by atoms with van der Waals surface area (Å²) in [6.45, 7) is 0.687. The van der Waals surface area contributed by atoms with Crippen LogP contribution in [0.25, 0.3) is 6.08 Å². The van der Waals surface area contributed by atoms with Crippen LogP contribution in [0.4, 0.5) is 0 Å². The largest absolute Gasteiger partial charge is 0.356 e. The molecule has 0 radical (unpaired) electrons. The van der Waals surface area contributed by atoms with Gasteiger partial charge in [0.2, 0.25) is 5.91 Å². The lowest BCUT2D eigenvalue weighted by molar-refractivity contribution is -0.131. The molecule has 2 aromatic carbocycles. The van der Waals surface area contributed by atoms with E-state index in [4.69, 9.17) is 11.6 Å². The lowest BCUT2D eigenvalue weighted by Crippen LogP contribution is -2.52. The summed E-state index contributed by atoms with van der Waals surface area (Å²) in [6, 6.07) is 18.0. The zero-order valence-corrected chi connectivity index (χ0v) is 19.9. The van der Waals surface area contributed by atoms with Crippen LogP contribution in [-0.2, 0) is 16.0 Å². The van der Waals surface area contributed by atoms with Crippen LogP contribution in [-0.4, -0.2) is 41.6 Å². The Morgan fingerprint density at radius 3 is 2.69 bits per heavy atom. The number of benzene rings is 2. The van der Waals surface area contributed by atoms with E-state index in [0.29, 0.717) is 16.8 Å². The lowest BCUT2D eigenvalue weighted by Gasteiger charge is -2.44. The van der Waals surface area contributed by atoms with Gasteiger partial charge in [0.05, 0.1) is 4.91 Å². The van der Waals surface area contributed by atoms with Gasteiger partial charge >= 0.3 is 0 Å². The Labute approximate surface area is 199 Å². The Kier molecular flexibility index (Phi) is 7.59. The average Bonchev–Trinajstić information content (AvgIpc) is 2.82. The van der Waals surface area contributed by atoms with Gasteiger partial charge < -0.3 is 10.2 Å². The van der Waals surface area contributed by atoms with Crippen LogP contribution in [0.5, 0.6) is 0 Å². The molecular formula is C26H29ClN2O2S. The van der Waals surface area contributed by atoms with E-state index in [-0.39, 0.29) is 23.8 Å². The van der Waals surface area contributed by atoms with Crippen molar-refractivity contribution in [2.45, 2.75) is 43.4 Å². The van der Waals surface area contributed by atoms with Crippen molar-refractivity contribution in [3.8, 4) is 0 Å². The third-order valence-corrected chi connectivity index (χ3v) is 8.15. The summed E-state index contributed by atoms with van der Waals surface area (Å²) in [5, 5.41) is 4.07. The number of hydrogen-bond donors (Lipinski definition) is 1. The minimum atomic E-state index is -0.0297. The second-order valence-corrected chi connectivity index (χ2v) is 10.2. The summed E-state index contributed by atoms with van der Waals surface area (Å²) in [5.74, 6) is 0.109. The number of halogens is 1. The van der Waals surface area contributed by atoms with Gasteiger partial charge in [0.25, 0.3) is 5.91 Å². The maximum atomic E-state index is 13.0. The molecule has 32 heavy (non-hydrogen) atoms. The molecule has 0 spiro atoms. The van der Waals surface area contributed by atoms with Crippen LogP contribution < -0.4 is 5.32 Å². The van der Waals surface area contributed by atoms with Gasteiger partial charge in [0.1, 0.15) is 0 Å². The molecule has 2 fully saturated rings. The minimum Gasteiger partial charge on any atom is -0.356 e. The highest BCUT2D eigenvalue weighted by Gasteiger charge is 2.42. The summed E-state index contributed by atoms with van der Waals surface area (Å²) >= 11 is 7.93. The van der Waals surface area contributed by atoms with Gasteiger partial charge in [0.15, 0.2) is 0 Å². The first kappa shape index (κ1) is 22.9. The van der Waals surface area contributed by atoms with Gasteiger partial charge in [-0.25, -0.2) is 0 Å². The van der Waals surface area contributed by atoms with Gasteiger partial charge in [-0.3, -0.25) is 9.59 Å². The fourth-order valence-electron chi connectivity index (χ4n) is 4.56. The van der Waals surface area contributed by atoms with Gasteiger partial charge in [-0.15, -0.1) is 11.8 Å². The molecule has 1 heterocycles. The molecule has 0 bridgehead atoms. The SMILES string of the molecule is CN1C(=O)/C(=C\c2ccccc2Cl)SC2CCC(C(=O)NCCCc3ccccc3)CC21. The zero-order chi connectivity index (χ0) is 22.5. The zero-order valence-electron chi connectivity index (χ0n) is 18.3. The van der Waals surface area contributed by atoms with Crippen molar-refractivity contribution in [1.29, 1.82) is 0 Å². The number of nitrogens with one attached hydrogen (secondary N) is 1. The van der Waals surface area contributed by atoms with Gasteiger partial charge in [0, 0.05) is 35.8 Å². The Morgan fingerprint density at radius 2 is 1.91 bits per heavy atom. The van der Waals surface area contributed by atoms with E-state index in [2.05, 4.69) is 17.4 Å². The number of nitrogens with zero attached hydrogens (tertiary/aromatic N) is 1. The topological polar surface area (TPSA) is 49.4 Å². The molecule has 0 aromatic heterocycles. The van der Waals surface area contributed by atoms with Gasteiger partial charge in [-0.05, 0) is 55.4 Å². The van der Waals surface area contributed by atoms with Crippen LogP contribution in [0.3, 0.4) is 0 Å². The predicted molar refractivity (Wildman–Crippen MR) is 132 cm³/mol. The van der Waals surface area contributed by atoms with Crippen molar-refractivity contribution in [3.63, 3.8) is 0 Å². The van der Waals surface area contributed by atoms with E-state index in [1.165, 1.54) is 5.56 Å². The molecule has 3 atom stereocenters. The van der Waals surface area contributed by atoms with E-state index in [1.54, 1.807) is 11.8 Å². The normalized spacial score (nSPS) is 24.3. The number of hydrogen-bond acceptors (Lipinski definition) is 3. The highest BCUT2D eigenvalue weighted by Crippen LogP contribution is 2.43. The minimum absolute atomic E-state index is 0.0140. The standard InChI is InChI=1S/C26H29ClN2O2S/c1-29-22-16-20(25(30)28-15-7-10-18-8-3-2-4-9-18)13-14-23(22)32-24(26(29)31)17-19-11-5-6-12-21(19)27/h2-6,8-9,11-12,17,20,22-23H,7,10,13-16H2,1H3,(H,28,30)/b24-17+. The average molecular weight is 469 g/mol. The van der Waals surface area contributed by atoms with E-state index < -0.39 is 0 Å². The molecule has 2 aliphatic rings. The first-order valence-electron chi connectivity index (χ1n) is 11.2. The van der Waals surface area contributed by atoms with Crippen molar-refractivity contribution in [2.75, 3.05) is 13.6 Å². The maximum Gasteiger partial charge on any atom is 0.260 e. The quantitative estimate of drug-likeness (QED) is 0.470. The Balaban J connectivity index is 1.32. The number of fused-ring (bicyclic) bond motifs is 1. The smallest absolute Gasteiger partial charge is 0.260 e. The third kappa shape index (κ3) is 5.38. The Morgan fingerprint density at radius 1 is 1.16 bits per heavy atom. The molecule has 1 saturated carbocycles. The summed E-state index contributed by atoms with van der Waals surface area (Å²) in [4.78, 5) is 28.3. The number of carbonyl (C=O) groups is 2. The third-order valence-electron chi connectivity index (χ3n) is 6.41. The van der Waals surface area contributed by atoms with E-state index in [0.717, 1.165) is 42.6 Å². The van der Waals surface area contributed by atoms with Crippen molar-refractivity contribution in [2.24, 2.45) is 5.92 Å². The molecule has 1 aliphatic carbocycles. The lowest BCUT2D eigenvalue weighted by atomic mass is 9.83. The monoisotopic (exact) mass is 468 g/mol. The van der Waals surface area contributed by atoms with Crippen LogP contribution in [0.15, 0.2) is 59.5 Å². The summed E-state index contributed by atoms with van der Waals surface area (Å²) < 4.78 is 0.